The van der Waals surface area contributed by atoms with Crippen LogP contribution in [0.25, 0.3) is 0 Å². The Balaban J connectivity index is 1.64. The fourth-order valence-corrected chi connectivity index (χ4v) is 3.25. The quantitative estimate of drug-likeness (QED) is 0.781. The van der Waals surface area contributed by atoms with Crippen molar-refractivity contribution in [1.82, 2.24) is 0 Å². The molecule has 1 saturated carbocycles. The lowest BCUT2D eigenvalue weighted by Gasteiger charge is -2.37. The monoisotopic (exact) mass is 351 g/mol. The van der Waals surface area contributed by atoms with Gasteiger partial charge >= 0.3 is 0 Å². The summed E-state index contributed by atoms with van der Waals surface area (Å²) in [6.45, 7) is 2.07. The molecule has 1 N–H and O–H groups in total. The minimum atomic E-state index is -0.573. The molecule has 0 aromatic heterocycles. The Kier molecular flexibility index (Phi) is 3.98. The highest BCUT2D eigenvalue weighted by Gasteiger charge is 2.31. The van der Waals surface area contributed by atoms with Crippen molar-refractivity contribution in [1.29, 1.82) is 0 Å². The van der Waals surface area contributed by atoms with Crippen molar-refractivity contribution in [2.24, 2.45) is 0 Å². The fourth-order valence-electron chi connectivity index (χ4n) is 2.73. The molecule has 2 aromatic rings. The van der Waals surface area contributed by atoms with E-state index in [9.17, 15) is 8.78 Å². The normalized spacial score (nSPS) is 21.0. The number of hydrogen-bond acceptors (Lipinski definition) is 1. The van der Waals surface area contributed by atoms with Gasteiger partial charge in [0.2, 0.25) is 0 Å². The van der Waals surface area contributed by atoms with Crippen LogP contribution in [-0.4, -0.2) is 6.04 Å². The molecule has 21 heavy (non-hydrogen) atoms. The van der Waals surface area contributed by atoms with E-state index >= 15 is 0 Å². The molecular weight excluding hydrogens is 336 g/mol. The maximum atomic E-state index is 13.8. The molecule has 0 radical (unpaired) electrons. The Morgan fingerprint density at radius 2 is 1.76 bits per heavy atom. The van der Waals surface area contributed by atoms with Gasteiger partial charge in [-0.05, 0) is 53.2 Å². The van der Waals surface area contributed by atoms with Crippen molar-refractivity contribution < 1.29 is 8.78 Å². The van der Waals surface area contributed by atoms with E-state index in [1.165, 1.54) is 17.2 Å². The molecule has 1 aliphatic carbocycles. The van der Waals surface area contributed by atoms with E-state index in [1.807, 2.05) is 0 Å². The Morgan fingerprint density at radius 3 is 2.38 bits per heavy atom. The van der Waals surface area contributed by atoms with Gasteiger partial charge in [0.15, 0.2) is 0 Å². The number of rotatable bonds is 3. The van der Waals surface area contributed by atoms with Gasteiger partial charge in [-0.3, -0.25) is 0 Å². The van der Waals surface area contributed by atoms with Gasteiger partial charge in [0.25, 0.3) is 0 Å². The van der Waals surface area contributed by atoms with Crippen LogP contribution in [0, 0.1) is 18.6 Å². The molecule has 2 aromatic carbocycles. The maximum absolute atomic E-state index is 13.8. The van der Waals surface area contributed by atoms with E-state index in [0.29, 0.717) is 16.1 Å². The van der Waals surface area contributed by atoms with Crippen molar-refractivity contribution >= 4 is 21.6 Å². The van der Waals surface area contributed by atoms with E-state index in [-0.39, 0.29) is 6.04 Å². The lowest BCUT2D eigenvalue weighted by atomic mass is 9.75. The summed E-state index contributed by atoms with van der Waals surface area (Å²) in [5.74, 6) is -0.609. The molecule has 110 valence electrons. The third-order valence-electron chi connectivity index (χ3n) is 4.04. The van der Waals surface area contributed by atoms with Crippen LogP contribution in [0.1, 0.15) is 29.9 Å². The number of nitrogens with one attached hydrogen (secondary N) is 1. The summed E-state index contributed by atoms with van der Waals surface area (Å²) in [6.07, 6.45) is 1.93. The molecule has 0 unspecified atom stereocenters. The smallest absolute Gasteiger partial charge is 0.150 e. The van der Waals surface area contributed by atoms with Gasteiger partial charge in [0.05, 0.1) is 5.69 Å². The average Bonchev–Trinajstić information content (AvgIpc) is 2.37. The minimum absolute atomic E-state index is 0.229. The third kappa shape index (κ3) is 3.10. The van der Waals surface area contributed by atoms with Crippen LogP contribution in [0.3, 0.4) is 0 Å². The molecule has 0 aliphatic heterocycles. The van der Waals surface area contributed by atoms with Crippen molar-refractivity contribution in [3.63, 3.8) is 0 Å². The average molecular weight is 352 g/mol. The maximum Gasteiger partial charge on any atom is 0.150 e. The molecule has 1 nitrogen and oxygen atoms in total. The van der Waals surface area contributed by atoms with Crippen molar-refractivity contribution in [3.8, 4) is 0 Å². The van der Waals surface area contributed by atoms with Gasteiger partial charge in [-0.2, -0.15) is 0 Å². The molecule has 0 atom stereocenters. The summed E-state index contributed by atoms with van der Waals surface area (Å²) in [5, 5.41) is 3.16. The van der Waals surface area contributed by atoms with Crippen LogP contribution in [0.5, 0.6) is 0 Å². The second kappa shape index (κ2) is 5.76. The van der Waals surface area contributed by atoms with Gasteiger partial charge < -0.3 is 5.32 Å². The van der Waals surface area contributed by atoms with E-state index in [0.717, 1.165) is 18.9 Å². The largest absolute Gasteiger partial charge is 0.379 e. The van der Waals surface area contributed by atoms with Crippen LogP contribution >= 0.6 is 15.9 Å². The summed E-state index contributed by atoms with van der Waals surface area (Å²) in [4.78, 5) is 0. The van der Waals surface area contributed by atoms with Crippen LogP contribution in [0.2, 0.25) is 0 Å². The molecule has 4 heteroatoms. The number of halogens is 3. The first-order valence-corrected chi connectivity index (χ1v) is 7.80. The predicted octanol–water partition coefficient (Wildman–Crippen LogP) is 5.39. The van der Waals surface area contributed by atoms with Gasteiger partial charge in [0, 0.05) is 16.6 Å². The summed E-state index contributed by atoms with van der Waals surface area (Å²) >= 11 is 3.21. The Morgan fingerprint density at radius 1 is 1.10 bits per heavy atom. The highest BCUT2D eigenvalue weighted by Crippen LogP contribution is 2.40. The zero-order valence-electron chi connectivity index (χ0n) is 11.7. The highest BCUT2D eigenvalue weighted by molar-refractivity contribution is 9.10. The zero-order valence-corrected chi connectivity index (χ0v) is 13.3. The summed E-state index contributed by atoms with van der Waals surface area (Å²) < 4.78 is 27.3. The van der Waals surface area contributed by atoms with E-state index in [4.69, 9.17) is 0 Å². The standard InChI is InChI=1S/C17H16BrF2N/c1-10-2-4-11(5-3-10)12-6-14(7-12)21-17-15(18)8-13(19)9-16(17)20/h2-5,8-9,12,14,21H,6-7H2,1H3. The van der Waals surface area contributed by atoms with E-state index < -0.39 is 11.6 Å². The van der Waals surface area contributed by atoms with Gasteiger partial charge in [0.1, 0.15) is 11.6 Å². The SMILES string of the molecule is Cc1ccc(C2CC(Nc3c(F)cc(F)cc3Br)C2)cc1. The topological polar surface area (TPSA) is 12.0 Å². The van der Waals surface area contributed by atoms with E-state index in [2.05, 4.69) is 52.4 Å². The van der Waals surface area contributed by atoms with Crippen LogP contribution in [0.15, 0.2) is 40.9 Å². The molecule has 0 bridgehead atoms. The lowest BCUT2D eigenvalue weighted by Crippen LogP contribution is -2.34. The van der Waals surface area contributed by atoms with Crippen molar-refractivity contribution in [2.75, 3.05) is 5.32 Å². The molecule has 0 heterocycles. The molecular formula is C17H16BrF2N. The zero-order chi connectivity index (χ0) is 15.0. The Hall–Kier alpha value is -1.42. The highest BCUT2D eigenvalue weighted by atomic mass is 79.9. The lowest BCUT2D eigenvalue weighted by molar-refractivity contribution is 0.372. The number of aryl methyl sites for hydroxylation is 1. The summed E-state index contributed by atoms with van der Waals surface area (Å²) in [5.41, 5.74) is 2.94. The van der Waals surface area contributed by atoms with Crippen molar-refractivity contribution in [2.45, 2.75) is 31.7 Å². The number of anilines is 1. The third-order valence-corrected chi connectivity index (χ3v) is 4.67. The van der Waals surface area contributed by atoms with Gasteiger partial charge in [-0.15, -0.1) is 0 Å². The van der Waals surface area contributed by atoms with Crippen LogP contribution in [0.4, 0.5) is 14.5 Å². The first-order chi connectivity index (χ1) is 10.0. The number of benzene rings is 2. The van der Waals surface area contributed by atoms with Crippen LogP contribution < -0.4 is 5.32 Å². The van der Waals surface area contributed by atoms with Gasteiger partial charge in [-0.25, -0.2) is 8.78 Å². The van der Waals surface area contributed by atoms with Crippen LogP contribution in [-0.2, 0) is 0 Å². The Labute approximate surface area is 131 Å². The summed E-state index contributed by atoms with van der Waals surface area (Å²) in [7, 11) is 0. The summed E-state index contributed by atoms with van der Waals surface area (Å²) in [6, 6.07) is 11.0. The molecule has 0 spiro atoms. The van der Waals surface area contributed by atoms with Crippen molar-refractivity contribution in [3.05, 3.63) is 63.6 Å². The predicted molar refractivity (Wildman–Crippen MR) is 84.6 cm³/mol. The Bertz CT molecular complexity index is 625. The molecule has 0 saturated heterocycles. The molecule has 1 fully saturated rings. The second-order valence-electron chi connectivity index (χ2n) is 5.66. The molecule has 3 rings (SSSR count). The van der Waals surface area contributed by atoms with E-state index in [1.54, 1.807) is 0 Å². The fraction of sp³-hybridized carbons (Fsp3) is 0.294. The molecule has 1 aliphatic rings. The first kappa shape index (κ1) is 14.5. The first-order valence-electron chi connectivity index (χ1n) is 7.00. The minimum Gasteiger partial charge on any atom is -0.379 e. The van der Waals surface area contributed by atoms with Gasteiger partial charge in [-0.1, -0.05) is 29.8 Å². The second-order valence-corrected chi connectivity index (χ2v) is 6.52. The molecule has 0 amide bonds. The number of hydrogen-bond donors (Lipinski definition) is 1.